The van der Waals surface area contributed by atoms with E-state index in [2.05, 4.69) is 10.4 Å². The lowest BCUT2D eigenvalue weighted by Crippen LogP contribution is -2.31. The number of benzene rings is 1. The lowest BCUT2D eigenvalue weighted by molar-refractivity contribution is 0.106. The molecule has 5 nitrogen and oxygen atoms in total. The third-order valence-corrected chi connectivity index (χ3v) is 2.79. The molecular weight excluding hydrogens is 242 g/mol. The van der Waals surface area contributed by atoms with Gasteiger partial charge in [-0.25, -0.2) is 0 Å². The molecule has 0 aliphatic carbocycles. The van der Waals surface area contributed by atoms with Crippen LogP contribution in [0.4, 0.5) is 0 Å². The minimum Gasteiger partial charge on any atom is -0.491 e. The molecule has 2 aromatic rings. The van der Waals surface area contributed by atoms with Crippen LogP contribution in [0.5, 0.6) is 5.75 Å². The summed E-state index contributed by atoms with van der Waals surface area (Å²) in [5.74, 6) is 0.771. The van der Waals surface area contributed by atoms with Crippen LogP contribution in [-0.4, -0.2) is 34.1 Å². The van der Waals surface area contributed by atoms with E-state index in [0.717, 1.165) is 11.4 Å². The first-order valence-electron chi connectivity index (χ1n) is 6.29. The van der Waals surface area contributed by atoms with Crippen molar-refractivity contribution in [2.24, 2.45) is 7.05 Å². The Morgan fingerprint density at radius 3 is 2.79 bits per heavy atom. The predicted molar refractivity (Wildman–Crippen MR) is 72.9 cm³/mol. The Hall–Kier alpha value is -1.85. The highest BCUT2D eigenvalue weighted by molar-refractivity contribution is 5.20. The molecule has 0 spiro atoms. The highest BCUT2D eigenvalue weighted by Gasteiger charge is 2.05. The van der Waals surface area contributed by atoms with Gasteiger partial charge in [-0.3, -0.25) is 4.68 Å². The molecule has 1 atom stereocenters. The van der Waals surface area contributed by atoms with Gasteiger partial charge < -0.3 is 15.2 Å². The van der Waals surface area contributed by atoms with E-state index in [1.807, 2.05) is 43.4 Å². The summed E-state index contributed by atoms with van der Waals surface area (Å²) in [5, 5.41) is 17.1. The summed E-state index contributed by atoms with van der Waals surface area (Å²) in [7, 11) is 1.89. The lowest BCUT2D eigenvalue weighted by atomic mass is 10.3. The number of aryl methyl sites for hydroxylation is 1. The summed E-state index contributed by atoms with van der Waals surface area (Å²) in [4.78, 5) is 0. The molecule has 19 heavy (non-hydrogen) atoms. The maximum Gasteiger partial charge on any atom is 0.119 e. The van der Waals surface area contributed by atoms with E-state index < -0.39 is 6.10 Å². The van der Waals surface area contributed by atoms with Crippen LogP contribution < -0.4 is 10.1 Å². The largest absolute Gasteiger partial charge is 0.491 e. The zero-order valence-electron chi connectivity index (χ0n) is 11.0. The quantitative estimate of drug-likeness (QED) is 0.779. The van der Waals surface area contributed by atoms with Gasteiger partial charge in [-0.15, -0.1) is 0 Å². The molecule has 2 N–H and O–H groups in total. The van der Waals surface area contributed by atoms with E-state index in [1.165, 1.54) is 0 Å². The highest BCUT2D eigenvalue weighted by Crippen LogP contribution is 2.08. The molecule has 102 valence electrons. The number of nitrogens with zero attached hydrogens (tertiary/aromatic N) is 2. The molecule has 0 bridgehead atoms. The van der Waals surface area contributed by atoms with E-state index in [4.69, 9.17) is 4.74 Å². The summed E-state index contributed by atoms with van der Waals surface area (Å²) in [6.45, 7) is 1.44. The number of hydrogen-bond acceptors (Lipinski definition) is 4. The number of rotatable bonds is 7. The first-order chi connectivity index (χ1) is 9.25. The first kappa shape index (κ1) is 13.6. The van der Waals surface area contributed by atoms with Crippen LogP contribution in [0.3, 0.4) is 0 Å². The van der Waals surface area contributed by atoms with Gasteiger partial charge in [-0.1, -0.05) is 18.2 Å². The molecule has 0 aliphatic rings. The number of para-hydroxylation sites is 1. The average molecular weight is 261 g/mol. The Morgan fingerprint density at radius 1 is 1.32 bits per heavy atom. The number of hydrogen-bond donors (Lipinski definition) is 2. The van der Waals surface area contributed by atoms with Gasteiger partial charge in [0.25, 0.3) is 0 Å². The van der Waals surface area contributed by atoms with Gasteiger partial charge in [-0.05, 0) is 18.2 Å². The van der Waals surface area contributed by atoms with Crippen molar-refractivity contribution in [3.8, 4) is 5.75 Å². The van der Waals surface area contributed by atoms with Crippen molar-refractivity contribution in [3.05, 3.63) is 48.3 Å². The van der Waals surface area contributed by atoms with Crippen LogP contribution in [-0.2, 0) is 13.6 Å². The normalized spacial score (nSPS) is 12.3. The van der Waals surface area contributed by atoms with Crippen molar-refractivity contribution in [1.29, 1.82) is 0 Å². The van der Waals surface area contributed by atoms with Gasteiger partial charge in [0, 0.05) is 26.3 Å². The topological polar surface area (TPSA) is 59.3 Å². The molecule has 0 fully saturated rings. The van der Waals surface area contributed by atoms with Crippen molar-refractivity contribution in [2.75, 3.05) is 13.2 Å². The van der Waals surface area contributed by atoms with Crippen molar-refractivity contribution in [2.45, 2.75) is 12.6 Å². The van der Waals surface area contributed by atoms with Crippen molar-refractivity contribution in [1.82, 2.24) is 15.1 Å². The fraction of sp³-hybridized carbons (Fsp3) is 0.357. The fourth-order valence-corrected chi connectivity index (χ4v) is 1.71. The second-order valence-corrected chi connectivity index (χ2v) is 4.35. The number of ether oxygens (including phenoxy) is 1. The van der Waals surface area contributed by atoms with Gasteiger partial charge in [0.05, 0.1) is 5.69 Å². The molecule has 1 aromatic carbocycles. The number of aliphatic hydroxyl groups excluding tert-OH is 1. The third-order valence-electron chi connectivity index (χ3n) is 2.79. The van der Waals surface area contributed by atoms with Crippen LogP contribution >= 0.6 is 0 Å². The summed E-state index contributed by atoms with van der Waals surface area (Å²) < 4.78 is 7.28. The van der Waals surface area contributed by atoms with Crippen LogP contribution in [0.25, 0.3) is 0 Å². The van der Waals surface area contributed by atoms with Gasteiger partial charge in [0.15, 0.2) is 0 Å². The molecule has 2 rings (SSSR count). The first-order valence-corrected chi connectivity index (χ1v) is 6.29. The Bertz CT molecular complexity index is 484. The summed E-state index contributed by atoms with van der Waals surface area (Å²) >= 11 is 0. The van der Waals surface area contributed by atoms with Gasteiger partial charge in [0.2, 0.25) is 0 Å². The molecular formula is C14H19N3O2. The minimum absolute atomic E-state index is 0.280. The maximum atomic E-state index is 9.80. The van der Waals surface area contributed by atoms with Gasteiger partial charge in [0.1, 0.15) is 18.5 Å². The van der Waals surface area contributed by atoms with E-state index in [1.54, 1.807) is 10.9 Å². The molecule has 1 aromatic heterocycles. The van der Waals surface area contributed by atoms with Crippen LogP contribution in [0.1, 0.15) is 5.69 Å². The maximum absolute atomic E-state index is 9.80. The Morgan fingerprint density at radius 2 is 2.11 bits per heavy atom. The Balaban J connectivity index is 1.65. The minimum atomic E-state index is -0.534. The molecule has 1 heterocycles. The fourth-order valence-electron chi connectivity index (χ4n) is 1.71. The number of aliphatic hydroxyl groups is 1. The van der Waals surface area contributed by atoms with Crippen LogP contribution in [0.2, 0.25) is 0 Å². The smallest absolute Gasteiger partial charge is 0.119 e. The van der Waals surface area contributed by atoms with E-state index in [-0.39, 0.29) is 6.61 Å². The van der Waals surface area contributed by atoms with E-state index in [0.29, 0.717) is 13.1 Å². The Labute approximate surface area is 112 Å². The molecule has 0 radical (unpaired) electrons. The Kier molecular flexibility index (Phi) is 4.94. The van der Waals surface area contributed by atoms with E-state index >= 15 is 0 Å². The SMILES string of the molecule is Cn1nccc1CNCC(O)COc1ccccc1. The van der Waals surface area contributed by atoms with Crippen LogP contribution in [0, 0.1) is 0 Å². The van der Waals surface area contributed by atoms with Crippen LogP contribution in [0.15, 0.2) is 42.6 Å². The van der Waals surface area contributed by atoms with E-state index in [9.17, 15) is 5.11 Å². The summed E-state index contributed by atoms with van der Waals surface area (Å²) in [6, 6.07) is 11.4. The van der Waals surface area contributed by atoms with Gasteiger partial charge >= 0.3 is 0 Å². The standard InChI is InChI=1S/C14H19N3O2/c1-17-12(7-8-16-17)9-15-10-13(18)11-19-14-5-3-2-4-6-14/h2-8,13,15,18H,9-11H2,1H3. The zero-order valence-corrected chi connectivity index (χ0v) is 11.0. The van der Waals surface area contributed by atoms with Crippen molar-refractivity contribution < 1.29 is 9.84 Å². The second kappa shape index (κ2) is 6.92. The predicted octanol–water partition coefficient (Wildman–Crippen LogP) is 0.950. The zero-order chi connectivity index (χ0) is 13.5. The highest BCUT2D eigenvalue weighted by atomic mass is 16.5. The number of nitrogens with one attached hydrogen (secondary N) is 1. The molecule has 5 heteroatoms. The molecule has 0 amide bonds. The molecule has 1 unspecified atom stereocenters. The van der Waals surface area contributed by atoms with Crippen molar-refractivity contribution >= 4 is 0 Å². The molecule has 0 saturated heterocycles. The second-order valence-electron chi connectivity index (χ2n) is 4.35. The monoisotopic (exact) mass is 261 g/mol. The molecule has 0 aliphatic heterocycles. The van der Waals surface area contributed by atoms with Crippen molar-refractivity contribution in [3.63, 3.8) is 0 Å². The third kappa shape index (κ3) is 4.39. The van der Waals surface area contributed by atoms with Gasteiger partial charge in [-0.2, -0.15) is 5.10 Å². The number of aromatic nitrogens is 2. The lowest BCUT2D eigenvalue weighted by Gasteiger charge is -2.13. The summed E-state index contributed by atoms with van der Waals surface area (Å²) in [6.07, 6.45) is 1.22. The average Bonchev–Trinajstić information content (AvgIpc) is 2.83. The molecule has 0 saturated carbocycles. The summed E-state index contributed by atoms with van der Waals surface area (Å²) in [5.41, 5.74) is 1.08.